The van der Waals surface area contributed by atoms with Gasteiger partial charge in [0.1, 0.15) is 10.6 Å². The molecular weight excluding hydrogens is 424 g/mol. The Kier molecular flexibility index (Phi) is 7.22. The van der Waals surface area contributed by atoms with E-state index in [2.05, 4.69) is 10.3 Å². The van der Waals surface area contributed by atoms with Gasteiger partial charge in [-0.3, -0.25) is 9.59 Å². The third-order valence-electron chi connectivity index (χ3n) is 4.89. The first-order valence-electron chi connectivity index (χ1n) is 9.73. The minimum Gasteiger partial charge on any atom is -0.356 e. The van der Waals surface area contributed by atoms with E-state index >= 15 is 0 Å². The first kappa shape index (κ1) is 22.4. The molecule has 30 heavy (non-hydrogen) atoms. The Labute approximate surface area is 181 Å². The smallest absolute Gasteiger partial charge is 0.272 e. The Balaban J connectivity index is 1.70. The fourth-order valence-corrected chi connectivity index (χ4v) is 5.77. The molecule has 2 aromatic rings. The van der Waals surface area contributed by atoms with Crippen LogP contribution in [0.5, 0.6) is 0 Å². The predicted molar refractivity (Wildman–Crippen MR) is 118 cm³/mol. The molecule has 1 aromatic carbocycles. The van der Waals surface area contributed by atoms with Crippen molar-refractivity contribution >= 4 is 39.3 Å². The summed E-state index contributed by atoms with van der Waals surface area (Å²) in [5.74, 6) is 1.10. The van der Waals surface area contributed by atoms with Crippen LogP contribution < -0.4 is 5.32 Å². The van der Waals surface area contributed by atoms with Gasteiger partial charge in [-0.1, -0.05) is 12.1 Å². The van der Waals surface area contributed by atoms with Crippen LogP contribution in [0.2, 0.25) is 0 Å². The second-order valence-corrected chi connectivity index (χ2v) is 10.1. The summed E-state index contributed by atoms with van der Waals surface area (Å²) in [6.45, 7) is 5.43. The Morgan fingerprint density at radius 1 is 1.23 bits per heavy atom. The van der Waals surface area contributed by atoms with Crippen molar-refractivity contribution in [3.63, 3.8) is 0 Å². The average molecular weight is 451 g/mol. The van der Waals surface area contributed by atoms with Crippen molar-refractivity contribution < 1.29 is 18.0 Å². The highest BCUT2D eigenvalue weighted by molar-refractivity contribution is 7.99. The first-order chi connectivity index (χ1) is 14.3. The van der Waals surface area contributed by atoms with Crippen molar-refractivity contribution in [1.29, 1.82) is 0 Å². The number of anilines is 1. The van der Waals surface area contributed by atoms with Gasteiger partial charge in [0.2, 0.25) is 15.9 Å². The van der Waals surface area contributed by atoms with Crippen molar-refractivity contribution in [1.82, 2.24) is 14.2 Å². The van der Waals surface area contributed by atoms with Crippen LogP contribution in [0.25, 0.3) is 0 Å². The largest absolute Gasteiger partial charge is 0.356 e. The molecule has 10 heteroatoms. The monoisotopic (exact) mass is 450 g/mol. The van der Waals surface area contributed by atoms with E-state index in [1.807, 2.05) is 13.0 Å². The predicted octanol–water partition coefficient (Wildman–Crippen LogP) is 2.37. The molecule has 162 valence electrons. The Morgan fingerprint density at radius 3 is 2.63 bits per heavy atom. The molecule has 1 aliphatic rings. The second-order valence-electron chi connectivity index (χ2n) is 6.95. The van der Waals surface area contributed by atoms with E-state index in [-0.39, 0.29) is 16.5 Å². The van der Waals surface area contributed by atoms with Crippen LogP contribution in [-0.4, -0.2) is 65.6 Å². The van der Waals surface area contributed by atoms with E-state index in [1.165, 1.54) is 23.5 Å². The van der Waals surface area contributed by atoms with Crippen LogP contribution in [0.1, 0.15) is 29.9 Å². The van der Waals surface area contributed by atoms with E-state index in [4.69, 9.17) is 0 Å². The molecule has 0 spiro atoms. The first-order valence-corrected chi connectivity index (χ1v) is 12.3. The van der Waals surface area contributed by atoms with Crippen molar-refractivity contribution in [2.45, 2.75) is 25.3 Å². The molecule has 0 radical (unpaired) electrons. The fraction of sp³-hybridized carbons (Fsp3) is 0.400. The average Bonchev–Trinajstić information content (AvgIpc) is 3.24. The lowest BCUT2D eigenvalue weighted by molar-refractivity contribution is -0.129. The maximum absolute atomic E-state index is 12.7. The number of aromatic amines is 1. The summed E-state index contributed by atoms with van der Waals surface area (Å²) in [7, 11) is -3.61. The number of thioether (sulfide) groups is 1. The molecule has 0 atom stereocenters. The lowest BCUT2D eigenvalue weighted by Gasteiger charge is -2.24. The number of sulfonamides is 1. The molecule has 2 N–H and O–H groups in total. The van der Waals surface area contributed by atoms with E-state index in [1.54, 1.807) is 34.9 Å². The zero-order chi connectivity index (χ0) is 21.7. The van der Waals surface area contributed by atoms with E-state index in [0.29, 0.717) is 31.9 Å². The molecule has 3 rings (SSSR count). The number of rotatable bonds is 7. The van der Waals surface area contributed by atoms with Gasteiger partial charge in [0.05, 0.1) is 0 Å². The highest BCUT2D eigenvalue weighted by Crippen LogP contribution is 2.21. The van der Waals surface area contributed by atoms with Gasteiger partial charge in [0, 0.05) is 56.5 Å². The molecule has 8 nitrogen and oxygen atoms in total. The van der Waals surface area contributed by atoms with Crippen LogP contribution >= 0.6 is 11.8 Å². The molecule has 0 bridgehead atoms. The normalized spacial score (nSPS) is 15.0. The standard InChI is InChI=1S/C20H26N4O4S2/c1-3-23(15(2)25)14-16-5-4-6-17(11-16)22-20(26)19-12-18(13-21-19)30(27,28)24-7-9-29-10-8-24/h4-6,11-13,21H,3,7-10,14H2,1-2H3,(H,22,26). The SMILES string of the molecule is CCN(Cc1cccc(NC(=O)c2cc(S(=O)(=O)N3CCSCC3)c[nH]2)c1)C(C)=O. The molecule has 1 saturated heterocycles. The lowest BCUT2D eigenvalue weighted by atomic mass is 10.2. The molecular formula is C20H26N4O4S2. The summed E-state index contributed by atoms with van der Waals surface area (Å²) in [6.07, 6.45) is 1.36. The molecule has 1 fully saturated rings. The molecule has 1 aromatic heterocycles. The Morgan fingerprint density at radius 2 is 1.97 bits per heavy atom. The van der Waals surface area contributed by atoms with Crippen LogP contribution in [-0.2, 0) is 21.4 Å². The van der Waals surface area contributed by atoms with Crippen LogP contribution in [0.3, 0.4) is 0 Å². The number of hydrogen-bond donors (Lipinski definition) is 2. The zero-order valence-corrected chi connectivity index (χ0v) is 18.7. The molecule has 2 amide bonds. The number of aromatic nitrogens is 1. The van der Waals surface area contributed by atoms with Crippen molar-refractivity contribution in [2.24, 2.45) is 0 Å². The third kappa shape index (κ3) is 5.24. The van der Waals surface area contributed by atoms with Crippen LogP contribution in [0, 0.1) is 0 Å². The fourth-order valence-electron chi connectivity index (χ4n) is 3.20. The van der Waals surface area contributed by atoms with Crippen molar-refractivity contribution in [3.05, 3.63) is 47.8 Å². The maximum Gasteiger partial charge on any atom is 0.272 e. The lowest BCUT2D eigenvalue weighted by Crippen LogP contribution is -2.37. The number of amides is 2. The van der Waals surface area contributed by atoms with Crippen LogP contribution in [0.15, 0.2) is 41.4 Å². The van der Waals surface area contributed by atoms with Crippen LogP contribution in [0.4, 0.5) is 5.69 Å². The number of carbonyl (C=O) groups is 2. The molecule has 0 aliphatic carbocycles. The van der Waals surface area contributed by atoms with E-state index < -0.39 is 15.9 Å². The summed E-state index contributed by atoms with van der Waals surface area (Å²) in [5, 5.41) is 2.78. The Hall–Kier alpha value is -2.30. The number of benzene rings is 1. The minimum atomic E-state index is -3.61. The minimum absolute atomic E-state index is 0.0145. The third-order valence-corrected chi connectivity index (χ3v) is 7.71. The second kappa shape index (κ2) is 9.67. The van der Waals surface area contributed by atoms with Gasteiger partial charge in [0.25, 0.3) is 5.91 Å². The highest BCUT2D eigenvalue weighted by Gasteiger charge is 2.27. The van der Waals surface area contributed by atoms with Crippen molar-refractivity contribution in [2.75, 3.05) is 36.5 Å². The molecule has 1 aliphatic heterocycles. The number of carbonyl (C=O) groups excluding carboxylic acids is 2. The number of nitrogens with zero attached hydrogens (tertiary/aromatic N) is 2. The molecule has 0 saturated carbocycles. The zero-order valence-electron chi connectivity index (χ0n) is 17.1. The summed E-state index contributed by atoms with van der Waals surface area (Å²) < 4.78 is 26.9. The Bertz CT molecular complexity index is 1010. The molecule has 2 heterocycles. The summed E-state index contributed by atoms with van der Waals surface area (Å²) in [5.41, 5.74) is 1.64. The molecule has 0 unspecified atom stereocenters. The van der Waals surface area contributed by atoms with Gasteiger partial charge in [0.15, 0.2) is 0 Å². The quantitative estimate of drug-likeness (QED) is 0.674. The van der Waals surface area contributed by atoms with Crippen molar-refractivity contribution in [3.8, 4) is 0 Å². The summed E-state index contributed by atoms with van der Waals surface area (Å²) in [4.78, 5) is 28.8. The van der Waals surface area contributed by atoms with E-state index in [0.717, 1.165) is 17.1 Å². The van der Waals surface area contributed by atoms with Gasteiger partial charge in [-0.2, -0.15) is 16.1 Å². The summed E-state index contributed by atoms with van der Waals surface area (Å²) in [6, 6.07) is 8.60. The van der Waals surface area contributed by atoms with Gasteiger partial charge in [-0.05, 0) is 30.7 Å². The van der Waals surface area contributed by atoms with Gasteiger partial charge < -0.3 is 15.2 Å². The maximum atomic E-state index is 12.7. The number of H-pyrrole nitrogens is 1. The van der Waals surface area contributed by atoms with E-state index in [9.17, 15) is 18.0 Å². The number of nitrogens with one attached hydrogen (secondary N) is 2. The highest BCUT2D eigenvalue weighted by atomic mass is 32.2. The van der Waals surface area contributed by atoms with Gasteiger partial charge in [-0.15, -0.1) is 0 Å². The van der Waals surface area contributed by atoms with Gasteiger partial charge >= 0.3 is 0 Å². The number of hydrogen-bond acceptors (Lipinski definition) is 5. The van der Waals surface area contributed by atoms with Gasteiger partial charge in [-0.25, -0.2) is 8.42 Å². The summed E-state index contributed by atoms with van der Waals surface area (Å²) >= 11 is 1.73. The topological polar surface area (TPSA) is 103 Å².